The lowest BCUT2D eigenvalue weighted by atomic mass is 10.0. The van der Waals surface area contributed by atoms with E-state index in [0.717, 1.165) is 36.6 Å². The molecular formula is C23H26N4O3. The molecule has 30 heavy (non-hydrogen) atoms. The van der Waals surface area contributed by atoms with Crippen LogP contribution in [0.5, 0.6) is 5.75 Å². The maximum Gasteiger partial charge on any atom is 0.277 e. The van der Waals surface area contributed by atoms with Crippen molar-refractivity contribution in [1.82, 2.24) is 14.8 Å². The monoisotopic (exact) mass is 406 g/mol. The number of ether oxygens (including phenoxy) is 1. The molecule has 7 heteroatoms. The van der Waals surface area contributed by atoms with E-state index in [0.29, 0.717) is 31.0 Å². The Bertz CT molecular complexity index is 948. The van der Waals surface area contributed by atoms with Crippen molar-refractivity contribution in [1.29, 1.82) is 0 Å². The summed E-state index contributed by atoms with van der Waals surface area (Å²) in [5.74, 6) is 1.19. The molecule has 0 aliphatic carbocycles. The van der Waals surface area contributed by atoms with Gasteiger partial charge in [0.2, 0.25) is 0 Å². The first kappa shape index (κ1) is 19.9. The van der Waals surface area contributed by atoms with Gasteiger partial charge >= 0.3 is 0 Å². The smallest absolute Gasteiger partial charge is 0.277 e. The number of amides is 2. The van der Waals surface area contributed by atoms with Crippen LogP contribution in [-0.4, -0.2) is 66.4 Å². The lowest BCUT2D eigenvalue weighted by Crippen LogP contribution is -2.47. The number of hydrogen-bond acceptors (Lipinski definition) is 6. The van der Waals surface area contributed by atoms with Gasteiger partial charge in [-0.25, -0.2) is 4.98 Å². The second kappa shape index (κ2) is 8.57. The highest BCUT2D eigenvalue weighted by Crippen LogP contribution is 2.32. The molecule has 1 aromatic carbocycles. The van der Waals surface area contributed by atoms with Crippen LogP contribution in [0.1, 0.15) is 18.9 Å². The van der Waals surface area contributed by atoms with Crippen LogP contribution in [-0.2, 0) is 9.59 Å². The van der Waals surface area contributed by atoms with E-state index in [1.165, 1.54) is 4.90 Å². The molecule has 7 nitrogen and oxygen atoms in total. The van der Waals surface area contributed by atoms with Gasteiger partial charge in [0.1, 0.15) is 17.3 Å². The summed E-state index contributed by atoms with van der Waals surface area (Å²) in [5.41, 5.74) is 1.70. The van der Waals surface area contributed by atoms with Gasteiger partial charge in [0.05, 0.1) is 12.2 Å². The molecule has 1 aromatic heterocycles. The lowest BCUT2D eigenvalue weighted by molar-refractivity contribution is -0.135. The molecule has 156 valence electrons. The Hall–Kier alpha value is -3.35. The quantitative estimate of drug-likeness (QED) is 0.687. The van der Waals surface area contributed by atoms with Gasteiger partial charge in [0.15, 0.2) is 0 Å². The minimum Gasteiger partial charge on any atom is -0.494 e. The summed E-state index contributed by atoms with van der Waals surface area (Å²) < 4.78 is 5.64. The van der Waals surface area contributed by atoms with Crippen LogP contribution in [0, 0.1) is 0 Å². The Labute approximate surface area is 176 Å². The zero-order chi connectivity index (χ0) is 21.1. The predicted octanol–water partition coefficient (Wildman–Crippen LogP) is 2.40. The van der Waals surface area contributed by atoms with E-state index in [-0.39, 0.29) is 11.8 Å². The predicted molar refractivity (Wildman–Crippen MR) is 115 cm³/mol. The summed E-state index contributed by atoms with van der Waals surface area (Å²) in [7, 11) is 1.54. The van der Waals surface area contributed by atoms with E-state index >= 15 is 0 Å². The average Bonchev–Trinajstić information content (AvgIpc) is 3.02. The van der Waals surface area contributed by atoms with Crippen molar-refractivity contribution in [2.45, 2.75) is 13.3 Å². The van der Waals surface area contributed by atoms with Crippen LogP contribution >= 0.6 is 0 Å². The molecule has 1 saturated heterocycles. The van der Waals surface area contributed by atoms with Gasteiger partial charge < -0.3 is 14.5 Å². The number of aromatic nitrogens is 1. The fourth-order valence-corrected chi connectivity index (χ4v) is 3.82. The Balaban J connectivity index is 1.58. The van der Waals surface area contributed by atoms with Crippen molar-refractivity contribution in [2.75, 3.05) is 44.7 Å². The standard InChI is InChI=1S/C23H26N4O3/c1-3-16-30-18-9-7-17(8-10-18)20-21(23(29)25(2)22(20)28)27-14-12-26(13-15-27)19-6-4-5-11-24-19/h4-11H,3,12-16H2,1-2H3. The number of carbonyl (C=O) groups excluding carboxylic acids is 2. The number of pyridine rings is 1. The molecule has 0 saturated carbocycles. The van der Waals surface area contributed by atoms with Gasteiger partial charge in [-0.05, 0) is 36.2 Å². The first-order valence-corrected chi connectivity index (χ1v) is 10.3. The zero-order valence-electron chi connectivity index (χ0n) is 17.4. The number of imide groups is 1. The minimum atomic E-state index is -0.260. The first-order chi connectivity index (χ1) is 14.6. The summed E-state index contributed by atoms with van der Waals surface area (Å²) in [6.45, 7) is 5.48. The average molecular weight is 406 g/mol. The molecule has 0 spiro atoms. The number of hydrogen-bond donors (Lipinski definition) is 0. The zero-order valence-corrected chi connectivity index (χ0v) is 17.4. The number of carbonyl (C=O) groups is 2. The maximum absolute atomic E-state index is 12.9. The molecule has 4 rings (SSSR count). The van der Waals surface area contributed by atoms with E-state index in [9.17, 15) is 9.59 Å². The molecule has 2 aliphatic heterocycles. The van der Waals surface area contributed by atoms with Crippen molar-refractivity contribution in [2.24, 2.45) is 0 Å². The second-order valence-electron chi connectivity index (χ2n) is 7.43. The van der Waals surface area contributed by atoms with Crippen LogP contribution < -0.4 is 9.64 Å². The van der Waals surface area contributed by atoms with Crippen molar-refractivity contribution in [3.63, 3.8) is 0 Å². The van der Waals surface area contributed by atoms with Crippen LogP contribution in [0.15, 0.2) is 54.4 Å². The van der Waals surface area contributed by atoms with Crippen molar-refractivity contribution in [3.05, 3.63) is 59.9 Å². The number of benzene rings is 1. The summed E-state index contributed by atoms with van der Waals surface area (Å²) in [6, 6.07) is 13.3. The van der Waals surface area contributed by atoms with Crippen LogP contribution in [0.2, 0.25) is 0 Å². The van der Waals surface area contributed by atoms with Gasteiger partial charge in [-0.1, -0.05) is 25.1 Å². The summed E-state index contributed by atoms with van der Waals surface area (Å²) in [5, 5.41) is 0. The Morgan fingerprint density at radius 2 is 1.63 bits per heavy atom. The summed E-state index contributed by atoms with van der Waals surface area (Å²) in [4.78, 5) is 35.6. The SMILES string of the molecule is CCCOc1ccc(C2=C(N3CCN(c4ccccn4)CC3)C(=O)N(C)C2=O)cc1. The Morgan fingerprint density at radius 3 is 2.27 bits per heavy atom. The van der Waals surface area contributed by atoms with Gasteiger partial charge in [-0.2, -0.15) is 0 Å². The van der Waals surface area contributed by atoms with Crippen LogP contribution in [0.3, 0.4) is 0 Å². The third-order valence-electron chi connectivity index (χ3n) is 5.45. The maximum atomic E-state index is 12.9. The second-order valence-corrected chi connectivity index (χ2v) is 7.43. The number of piperazine rings is 1. The fraction of sp³-hybridized carbons (Fsp3) is 0.348. The normalized spacial score (nSPS) is 17.2. The van der Waals surface area contributed by atoms with E-state index in [4.69, 9.17) is 4.74 Å². The minimum absolute atomic E-state index is 0.243. The van der Waals surface area contributed by atoms with Crippen LogP contribution in [0.4, 0.5) is 5.82 Å². The third-order valence-corrected chi connectivity index (χ3v) is 5.45. The number of likely N-dealkylation sites (N-methyl/N-ethyl adjacent to an activating group) is 1. The van der Waals surface area contributed by atoms with E-state index in [2.05, 4.69) is 16.8 Å². The largest absolute Gasteiger partial charge is 0.494 e. The van der Waals surface area contributed by atoms with Gasteiger partial charge in [-0.15, -0.1) is 0 Å². The van der Waals surface area contributed by atoms with Gasteiger partial charge in [0, 0.05) is 39.4 Å². The molecule has 2 aromatic rings. The topological polar surface area (TPSA) is 66.0 Å². The molecule has 0 N–H and O–H groups in total. The molecule has 1 fully saturated rings. The number of anilines is 1. The number of rotatable bonds is 6. The molecule has 3 heterocycles. The molecule has 0 unspecified atom stereocenters. The molecule has 0 radical (unpaired) electrons. The highest BCUT2D eigenvalue weighted by molar-refractivity contribution is 6.35. The molecular weight excluding hydrogens is 380 g/mol. The van der Waals surface area contributed by atoms with Gasteiger partial charge in [0.25, 0.3) is 11.8 Å². The highest BCUT2D eigenvalue weighted by atomic mass is 16.5. The Kier molecular flexibility index (Phi) is 5.70. The number of nitrogens with zero attached hydrogens (tertiary/aromatic N) is 4. The molecule has 2 aliphatic rings. The van der Waals surface area contributed by atoms with Crippen molar-refractivity contribution < 1.29 is 14.3 Å². The van der Waals surface area contributed by atoms with Crippen LogP contribution in [0.25, 0.3) is 5.57 Å². The molecule has 0 bridgehead atoms. The lowest BCUT2D eigenvalue weighted by Gasteiger charge is -2.37. The first-order valence-electron chi connectivity index (χ1n) is 10.3. The van der Waals surface area contributed by atoms with Crippen molar-refractivity contribution >= 4 is 23.2 Å². The van der Waals surface area contributed by atoms with E-state index in [1.807, 2.05) is 47.4 Å². The summed E-state index contributed by atoms with van der Waals surface area (Å²) >= 11 is 0. The summed E-state index contributed by atoms with van der Waals surface area (Å²) in [6.07, 6.45) is 2.71. The van der Waals surface area contributed by atoms with E-state index in [1.54, 1.807) is 13.2 Å². The molecule has 2 amide bonds. The molecule has 0 atom stereocenters. The fourth-order valence-electron chi connectivity index (χ4n) is 3.82. The van der Waals surface area contributed by atoms with Crippen molar-refractivity contribution in [3.8, 4) is 5.75 Å². The Morgan fingerprint density at radius 1 is 0.933 bits per heavy atom. The van der Waals surface area contributed by atoms with E-state index < -0.39 is 0 Å². The third kappa shape index (κ3) is 3.75. The van der Waals surface area contributed by atoms with Gasteiger partial charge in [-0.3, -0.25) is 14.5 Å². The highest BCUT2D eigenvalue weighted by Gasteiger charge is 2.40.